The summed E-state index contributed by atoms with van der Waals surface area (Å²) in [5, 5.41) is 0.577. The molecule has 2 aliphatic rings. The fourth-order valence-electron chi connectivity index (χ4n) is 4.43. The zero-order valence-electron chi connectivity index (χ0n) is 32.5. The highest BCUT2D eigenvalue weighted by atomic mass is 79.9. The Morgan fingerprint density at radius 1 is 0.661 bits per heavy atom. The Morgan fingerprint density at radius 2 is 1.00 bits per heavy atom. The number of nitrogens with zero attached hydrogens (tertiary/aromatic N) is 2. The molecule has 0 radical (unpaired) electrons. The van der Waals surface area contributed by atoms with Crippen LogP contribution in [0.3, 0.4) is 0 Å². The molecule has 0 saturated carbocycles. The van der Waals surface area contributed by atoms with Gasteiger partial charge in [-0.2, -0.15) is 0 Å². The third kappa shape index (κ3) is 17.1. The van der Waals surface area contributed by atoms with Gasteiger partial charge in [0.25, 0.3) is 23.6 Å². The van der Waals surface area contributed by atoms with Gasteiger partial charge in [-0.1, -0.05) is 71.0 Å². The molecule has 12 nitrogen and oxygen atoms in total. The van der Waals surface area contributed by atoms with Crippen molar-refractivity contribution >= 4 is 73.4 Å². The SMILES string of the molecule is C.C.CCOC(=O)/C(C)=C\F.CCOC(=O)C(C)C(=O)OC(C)(C)C.O=C1c2ccccc2C(=O)N1C/C(=C/F)CBr.O=C1c2ccccc2C(=O)N1C/C(=C\F)CBr. The van der Waals surface area contributed by atoms with Crippen LogP contribution >= 0.6 is 31.9 Å². The molecule has 326 valence electrons. The number of hydrogen-bond donors (Lipinski definition) is 0. The molecule has 2 aromatic carbocycles. The highest BCUT2D eigenvalue weighted by molar-refractivity contribution is 9.09. The van der Waals surface area contributed by atoms with Gasteiger partial charge < -0.3 is 14.2 Å². The normalized spacial score (nSPS) is 13.7. The van der Waals surface area contributed by atoms with Gasteiger partial charge in [0, 0.05) is 10.7 Å². The summed E-state index contributed by atoms with van der Waals surface area (Å²) >= 11 is 6.20. The number of rotatable bonds is 11. The standard InChI is InChI=1S/2C12H9BrFNO2.C10H18O4.C6H9FO2.2CH4/c2*13-5-8(6-14)7-15-11(16)9-3-1-2-4-10(9)12(15)17;1-6-13-8(11)7(2)9(12)14-10(3,4)5;1-3-9-6(8)5(2)4-7;;/h2*1-4,6H,5,7H2;7H,6H2,1-5H3;4H,3H2,1-2H3;2*1H4/b8-6+;8-6-;;5-4-;;. The third-order valence-electron chi connectivity index (χ3n) is 7.29. The molecule has 4 amide bonds. The Bertz CT molecular complexity index is 1710. The monoisotopic (exact) mass is 960 g/mol. The highest BCUT2D eigenvalue weighted by Crippen LogP contribution is 2.25. The molecule has 17 heteroatoms. The second kappa shape index (κ2) is 27.7. The number of benzene rings is 2. The first-order chi connectivity index (χ1) is 26.9. The van der Waals surface area contributed by atoms with Gasteiger partial charge in [-0.15, -0.1) is 0 Å². The fraction of sp³-hybridized carbons (Fsp3) is 0.405. The lowest BCUT2D eigenvalue weighted by molar-refractivity contribution is -0.168. The highest BCUT2D eigenvalue weighted by Gasteiger charge is 2.36. The first-order valence-corrected chi connectivity index (χ1v) is 19.5. The molecule has 0 aliphatic carbocycles. The van der Waals surface area contributed by atoms with Crippen LogP contribution in [0.2, 0.25) is 0 Å². The van der Waals surface area contributed by atoms with Gasteiger partial charge in [0.15, 0.2) is 5.92 Å². The molecule has 59 heavy (non-hydrogen) atoms. The van der Waals surface area contributed by atoms with E-state index < -0.39 is 29.4 Å². The van der Waals surface area contributed by atoms with Crippen molar-refractivity contribution in [3.63, 3.8) is 0 Å². The van der Waals surface area contributed by atoms with Crippen molar-refractivity contribution in [3.05, 3.63) is 106 Å². The van der Waals surface area contributed by atoms with Crippen molar-refractivity contribution in [2.24, 2.45) is 5.92 Å². The summed E-state index contributed by atoms with van der Waals surface area (Å²) in [7, 11) is 0. The molecule has 2 heterocycles. The molecule has 1 unspecified atom stereocenters. The number of imide groups is 2. The summed E-state index contributed by atoms with van der Waals surface area (Å²) in [6.07, 6.45) is 1.06. The molecular formula is C42H53Br2F3N2O10. The maximum atomic E-state index is 12.5. The number of esters is 3. The topological polar surface area (TPSA) is 154 Å². The molecule has 0 saturated heterocycles. The van der Waals surface area contributed by atoms with Crippen LogP contribution < -0.4 is 0 Å². The number of amides is 4. The number of fused-ring (bicyclic) bond motifs is 2. The number of alkyl halides is 2. The Kier molecular flexibility index (Phi) is 26.4. The van der Waals surface area contributed by atoms with Crippen LogP contribution in [0.1, 0.15) is 105 Å². The van der Waals surface area contributed by atoms with Crippen molar-refractivity contribution in [1.29, 1.82) is 0 Å². The van der Waals surface area contributed by atoms with Gasteiger partial charge >= 0.3 is 17.9 Å². The van der Waals surface area contributed by atoms with Crippen LogP contribution in [-0.4, -0.2) is 93.9 Å². The maximum absolute atomic E-state index is 12.5. The van der Waals surface area contributed by atoms with E-state index in [1.165, 1.54) is 13.8 Å². The van der Waals surface area contributed by atoms with Crippen LogP contribution in [-0.2, 0) is 28.6 Å². The zero-order valence-corrected chi connectivity index (χ0v) is 35.7. The average Bonchev–Trinajstić information content (AvgIpc) is 3.58. The Balaban J connectivity index is 0. The quantitative estimate of drug-likeness (QED) is 0.0532. The van der Waals surface area contributed by atoms with E-state index >= 15 is 0 Å². The lowest BCUT2D eigenvalue weighted by Crippen LogP contribution is -2.32. The van der Waals surface area contributed by atoms with Gasteiger partial charge in [-0.3, -0.25) is 38.6 Å². The molecule has 0 fully saturated rings. The predicted molar refractivity (Wildman–Crippen MR) is 226 cm³/mol. The number of ether oxygens (including phenoxy) is 3. The second-order valence-electron chi connectivity index (χ2n) is 12.8. The molecular weight excluding hydrogens is 909 g/mol. The van der Waals surface area contributed by atoms with E-state index in [2.05, 4.69) is 36.6 Å². The van der Waals surface area contributed by atoms with E-state index in [0.717, 1.165) is 9.80 Å². The largest absolute Gasteiger partial charge is 0.465 e. The Hall–Kier alpha value is -4.90. The second-order valence-corrected chi connectivity index (χ2v) is 13.9. The molecule has 0 bridgehead atoms. The molecule has 4 rings (SSSR count). The van der Waals surface area contributed by atoms with E-state index in [0.29, 0.717) is 46.1 Å². The van der Waals surface area contributed by atoms with Gasteiger partial charge in [-0.25, -0.2) is 18.0 Å². The average molecular weight is 963 g/mol. The summed E-state index contributed by atoms with van der Waals surface area (Å²) in [4.78, 5) is 82.7. The third-order valence-corrected chi connectivity index (χ3v) is 8.73. The molecule has 2 aliphatic heterocycles. The lowest BCUT2D eigenvalue weighted by Gasteiger charge is -2.21. The van der Waals surface area contributed by atoms with Crippen LogP contribution in [0.5, 0.6) is 0 Å². The Morgan fingerprint density at radius 3 is 1.25 bits per heavy atom. The van der Waals surface area contributed by atoms with Gasteiger partial charge in [0.1, 0.15) is 5.60 Å². The van der Waals surface area contributed by atoms with E-state index in [4.69, 9.17) is 9.47 Å². The first kappa shape index (κ1) is 56.2. The minimum absolute atomic E-state index is 0. The van der Waals surface area contributed by atoms with Crippen LogP contribution in [0.15, 0.2) is 84.2 Å². The molecule has 0 N–H and O–H groups in total. The van der Waals surface area contributed by atoms with E-state index in [1.807, 2.05) is 0 Å². The summed E-state index contributed by atoms with van der Waals surface area (Å²) < 4.78 is 50.6. The predicted octanol–water partition coefficient (Wildman–Crippen LogP) is 9.28. The smallest absolute Gasteiger partial charge is 0.336 e. The summed E-state index contributed by atoms with van der Waals surface area (Å²) in [6, 6.07) is 13.2. The van der Waals surface area contributed by atoms with Crippen molar-refractivity contribution in [2.45, 2.75) is 68.9 Å². The molecule has 2 aromatic rings. The van der Waals surface area contributed by atoms with Crippen LogP contribution in [0, 0.1) is 5.92 Å². The van der Waals surface area contributed by atoms with Crippen LogP contribution in [0.4, 0.5) is 13.2 Å². The fourth-order valence-corrected chi connectivity index (χ4v) is 5.03. The maximum Gasteiger partial charge on any atom is 0.336 e. The van der Waals surface area contributed by atoms with Gasteiger partial charge in [0.2, 0.25) is 0 Å². The molecule has 0 spiro atoms. The van der Waals surface area contributed by atoms with E-state index in [9.17, 15) is 46.7 Å². The minimum Gasteiger partial charge on any atom is -0.465 e. The lowest BCUT2D eigenvalue weighted by atomic mass is 10.1. The zero-order chi connectivity index (χ0) is 43.5. The molecule has 1 atom stereocenters. The van der Waals surface area contributed by atoms with Crippen molar-refractivity contribution in [1.82, 2.24) is 9.80 Å². The van der Waals surface area contributed by atoms with Gasteiger partial charge in [0.05, 0.1) is 73.1 Å². The van der Waals surface area contributed by atoms with Crippen molar-refractivity contribution in [2.75, 3.05) is 37.0 Å². The van der Waals surface area contributed by atoms with Crippen molar-refractivity contribution < 1.29 is 60.9 Å². The van der Waals surface area contributed by atoms with Gasteiger partial charge in [-0.05, 0) is 83.9 Å². The summed E-state index contributed by atoms with van der Waals surface area (Å²) in [6.45, 7) is 12.0. The van der Waals surface area contributed by atoms with Crippen LogP contribution in [0.25, 0.3) is 0 Å². The van der Waals surface area contributed by atoms with E-state index in [1.54, 1.807) is 83.1 Å². The number of carbonyl (C=O) groups is 7. The number of carbonyl (C=O) groups excluding carboxylic acids is 7. The summed E-state index contributed by atoms with van der Waals surface area (Å²) in [5.41, 5.74) is 1.64. The summed E-state index contributed by atoms with van der Waals surface area (Å²) in [5.74, 6) is -4.01. The number of halogens is 5. The Labute approximate surface area is 361 Å². The molecule has 0 aromatic heterocycles. The van der Waals surface area contributed by atoms with Crippen molar-refractivity contribution in [3.8, 4) is 0 Å². The number of hydrogen-bond acceptors (Lipinski definition) is 10. The van der Waals surface area contributed by atoms with E-state index in [-0.39, 0.29) is 87.3 Å². The first-order valence-electron chi connectivity index (χ1n) is 17.3. The minimum atomic E-state index is -0.853.